The first-order valence-corrected chi connectivity index (χ1v) is 25.8. The van der Waals surface area contributed by atoms with Gasteiger partial charge in [-0.05, 0) is 140 Å². The molecule has 75 heavy (non-hydrogen) atoms. The van der Waals surface area contributed by atoms with Crippen LogP contribution in [0.25, 0.3) is 11.1 Å². The molecule has 0 aliphatic carbocycles. The predicted molar refractivity (Wildman–Crippen MR) is 329 cm³/mol. The molecule has 0 spiro atoms. The van der Waals surface area contributed by atoms with Crippen molar-refractivity contribution in [1.29, 1.82) is 0 Å². The highest BCUT2D eigenvalue weighted by atomic mass is 32.2. The fraction of sp³-hybridized carbons (Fsp3) is 0.239. The van der Waals surface area contributed by atoms with Crippen LogP contribution in [0.3, 0.4) is 0 Å². The van der Waals surface area contributed by atoms with Crippen LogP contribution in [0.4, 0.5) is 0 Å². The summed E-state index contributed by atoms with van der Waals surface area (Å²) in [5.74, 6) is 1.76. The van der Waals surface area contributed by atoms with Gasteiger partial charge in [0.15, 0.2) is 0 Å². The molecule has 0 saturated carbocycles. The van der Waals surface area contributed by atoms with E-state index in [9.17, 15) is 8.42 Å². The Morgan fingerprint density at radius 1 is 0.267 bits per heavy atom. The second kappa shape index (κ2) is 31.5. The average Bonchev–Trinajstić information content (AvgIpc) is 3.36. The maximum absolute atomic E-state index is 12.3. The van der Waals surface area contributed by atoms with Crippen molar-refractivity contribution in [2.24, 2.45) is 0 Å². The smallest absolute Gasteiger partial charge is 0.206 e. The lowest BCUT2D eigenvalue weighted by Gasteiger charge is -2.26. The molecular weight excluding hydrogens is 933 g/mol. The molecule has 0 amide bonds. The Labute approximate surface area is 456 Å². The molecule has 0 saturated heterocycles. The number of ether oxygens (including phenoxy) is 1. The summed E-state index contributed by atoms with van der Waals surface area (Å²) in [6.07, 6.45) is 0. The Morgan fingerprint density at radius 3 is 0.667 bits per heavy atom. The van der Waals surface area contributed by atoms with Crippen LogP contribution < -0.4 is 4.74 Å². The van der Waals surface area contributed by atoms with Crippen LogP contribution in [0.5, 0.6) is 11.5 Å². The molecule has 0 aliphatic heterocycles. The SMILES string of the molecule is C.C.C.C.Cc1ccc(-c2ccc(C)cc2)cc1.Cc1ccc(C(C)(C)c2ccc(C)cc2)cc1.Cc1ccc(C)cc1.Cc1ccc(Oc2ccc(C)cc2)cc1.Cc1ccc(S(=O)(=O)c2ccc(C)cc2)cc1. The predicted octanol–water partition coefficient (Wildman–Crippen LogP) is 20.7. The molecule has 4 heteroatoms. The molecule has 0 fully saturated rings. The van der Waals surface area contributed by atoms with Crippen LogP contribution in [0.2, 0.25) is 0 Å². The summed E-state index contributed by atoms with van der Waals surface area (Å²) in [6.45, 7) is 25.2. The molecule has 9 aromatic carbocycles. The third-order valence-electron chi connectivity index (χ3n) is 12.1. The van der Waals surface area contributed by atoms with Crippen molar-refractivity contribution in [2.45, 2.75) is 128 Å². The van der Waals surface area contributed by atoms with E-state index in [1.54, 1.807) is 48.5 Å². The van der Waals surface area contributed by atoms with Crippen molar-refractivity contribution in [2.75, 3.05) is 0 Å². The Morgan fingerprint density at radius 2 is 0.440 bits per heavy atom. The summed E-state index contributed by atoms with van der Waals surface area (Å²) in [7, 11) is -3.37. The minimum atomic E-state index is -3.37. The van der Waals surface area contributed by atoms with Gasteiger partial charge in [0.05, 0.1) is 9.79 Å². The summed E-state index contributed by atoms with van der Waals surface area (Å²) in [5.41, 5.74) is 17.9. The Bertz CT molecular complexity index is 2870. The number of hydrogen-bond donors (Lipinski definition) is 0. The average molecular weight is 1020 g/mol. The van der Waals surface area contributed by atoms with Crippen LogP contribution in [0.1, 0.15) is 110 Å². The zero-order valence-electron chi connectivity index (χ0n) is 43.9. The summed E-state index contributed by atoms with van der Waals surface area (Å²) < 4.78 is 30.2. The van der Waals surface area contributed by atoms with Gasteiger partial charge >= 0.3 is 0 Å². The van der Waals surface area contributed by atoms with E-state index < -0.39 is 9.84 Å². The highest BCUT2D eigenvalue weighted by Gasteiger charge is 2.22. The Hall–Kier alpha value is -7.27. The van der Waals surface area contributed by atoms with Gasteiger partial charge in [0.25, 0.3) is 0 Å². The van der Waals surface area contributed by atoms with Gasteiger partial charge in [-0.2, -0.15) is 0 Å². The molecule has 396 valence electrons. The van der Waals surface area contributed by atoms with E-state index in [0.717, 1.165) is 22.6 Å². The first-order valence-electron chi connectivity index (χ1n) is 24.3. The summed E-state index contributed by atoms with van der Waals surface area (Å²) in [4.78, 5) is 0.680. The van der Waals surface area contributed by atoms with Gasteiger partial charge in [0.2, 0.25) is 9.84 Å². The summed E-state index contributed by atoms with van der Waals surface area (Å²) in [6, 6.07) is 73.3. The van der Waals surface area contributed by atoms with Crippen LogP contribution in [-0.4, -0.2) is 8.42 Å². The molecule has 3 nitrogen and oxygen atoms in total. The number of rotatable bonds is 7. The third kappa shape index (κ3) is 21.2. The normalized spacial score (nSPS) is 10.1. The van der Waals surface area contributed by atoms with E-state index in [2.05, 4.69) is 191 Å². The van der Waals surface area contributed by atoms with Crippen LogP contribution >= 0.6 is 0 Å². The van der Waals surface area contributed by atoms with E-state index in [1.165, 1.54) is 66.8 Å². The van der Waals surface area contributed by atoms with Gasteiger partial charge in [-0.15, -0.1) is 0 Å². The molecule has 0 radical (unpaired) electrons. The molecular formula is C71H88O3S. The third-order valence-corrected chi connectivity index (χ3v) is 13.9. The van der Waals surface area contributed by atoms with E-state index in [-0.39, 0.29) is 35.1 Å². The van der Waals surface area contributed by atoms with E-state index >= 15 is 0 Å². The van der Waals surface area contributed by atoms with E-state index in [4.69, 9.17) is 4.74 Å². The quantitative estimate of drug-likeness (QED) is 0.160. The van der Waals surface area contributed by atoms with Crippen molar-refractivity contribution >= 4 is 9.84 Å². The standard InChI is InChI=1S/C17H20.C14H14O2S.C14H14O.C14H14.C8H10.4CH4/c1-13-5-9-15(10-6-13)17(3,4)16-11-7-14(2)8-12-16;1-11-3-7-13(8-4-11)17(15,16)14-9-5-12(2)6-10-14;1-11-3-7-13(8-4-11)15-14-9-5-12(2)6-10-14;1-11-3-7-13(8-4-11)14-9-5-12(2)6-10-14;1-7-3-5-8(2)6-4-7;;;;/h5-12H,1-4H3;3-10H,1-2H3;3-10H,1-2H3;3-10H,1-2H3;3-6H,1-2H3;4*1H4. The van der Waals surface area contributed by atoms with Crippen LogP contribution in [-0.2, 0) is 15.3 Å². The van der Waals surface area contributed by atoms with Gasteiger partial charge in [0, 0.05) is 5.41 Å². The van der Waals surface area contributed by atoms with Gasteiger partial charge in [0.1, 0.15) is 11.5 Å². The highest BCUT2D eigenvalue weighted by molar-refractivity contribution is 7.91. The summed E-state index contributed by atoms with van der Waals surface area (Å²) >= 11 is 0. The highest BCUT2D eigenvalue weighted by Crippen LogP contribution is 2.32. The van der Waals surface area contributed by atoms with Crippen molar-refractivity contribution in [3.63, 3.8) is 0 Å². The molecule has 9 rings (SSSR count). The minimum Gasteiger partial charge on any atom is -0.457 e. The lowest BCUT2D eigenvalue weighted by Crippen LogP contribution is -2.18. The maximum atomic E-state index is 12.3. The van der Waals surface area contributed by atoms with Gasteiger partial charge < -0.3 is 4.74 Å². The van der Waals surface area contributed by atoms with Crippen LogP contribution in [0, 0.1) is 69.2 Å². The number of aryl methyl sites for hydroxylation is 10. The first-order chi connectivity index (χ1) is 33.8. The monoisotopic (exact) mass is 1020 g/mol. The summed E-state index contributed by atoms with van der Waals surface area (Å²) in [5, 5.41) is 0. The maximum Gasteiger partial charge on any atom is 0.206 e. The zero-order valence-corrected chi connectivity index (χ0v) is 44.7. The van der Waals surface area contributed by atoms with Crippen molar-refractivity contribution in [3.05, 3.63) is 285 Å². The lowest BCUT2D eigenvalue weighted by molar-refractivity contribution is 0.482. The fourth-order valence-corrected chi connectivity index (χ4v) is 8.42. The molecule has 0 bridgehead atoms. The van der Waals surface area contributed by atoms with Crippen LogP contribution in [0.15, 0.2) is 228 Å². The number of hydrogen-bond acceptors (Lipinski definition) is 3. The van der Waals surface area contributed by atoms with Crippen molar-refractivity contribution in [3.8, 4) is 22.6 Å². The minimum absolute atomic E-state index is 0. The molecule has 0 heterocycles. The van der Waals surface area contributed by atoms with E-state index in [0.29, 0.717) is 9.79 Å². The molecule has 0 unspecified atom stereocenters. The Kier molecular flexibility index (Phi) is 27.6. The second-order valence-corrected chi connectivity index (χ2v) is 21.1. The van der Waals surface area contributed by atoms with E-state index in [1.807, 2.05) is 62.4 Å². The van der Waals surface area contributed by atoms with Gasteiger partial charge in [-0.1, -0.05) is 269 Å². The second-order valence-electron chi connectivity index (χ2n) is 19.1. The van der Waals surface area contributed by atoms with Gasteiger partial charge in [-0.3, -0.25) is 0 Å². The molecule has 0 aromatic heterocycles. The topological polar surface area (TPSA) is 43.4 Å². The largest absolute Gasteiger partial charge is 0.457 e. The number of benzene rings is 9. The lowest BCUT2D eigenvalue weighted by atomic mass is 9.78. The van der Waals surface area contributed by atoms with Crippen molar-refractivity contribution < 1.29 is 13.2 Å². The van der Waals surface area contributed by atoms with Crippen molar-refractivity contribution in [1.82, 2.24) is 0 Å². The molecule has 0 N–H and O–H groups in total. The number of sulfone groups is 1. The Balaban J connectivity index is 0.000000470. The van der Waals surface area contributed by atoms with Gasteiger partial charge in [-0.25, -0.2) is 8.42 Å². The molecule has 9 aromatic rings. The first kappa shape index (κ1) is 65.7. The fourth-order valence-electron chi connectivity index (χ4n) is 7.16. The molecule has 0 aliphatic rings. The molecule has 0 atom stereocenters. The zero-order chi connectivity index (χ0) is 51.6.